The first-order chi connectivity index (χ1) is 8.69. The lowest BCUT2D eigenvalue weighted by molar-refractivity contribution is 0.266. The summed E-state index contributed by atoms with van der Waals surface area (Å²) in [5.41, 5.74) is 2.72. The standard InChI is InChI=1S/C15H25N3/c1-4-5-6-7-18-10-13(2)8-14(12-18)15-9-16-17(3)11-15/h8-9,11,13H,4-7,10,12H2,1-3H3. The van der Waals surface area contributed by atoms with Crippen molar-refractivity contribution in [3.63, 3.8) is 0 Å². The predicted octanol–water partition coefficient (Wildman–Crippen LogP) is 2.95. The Morgan fingerprint density at radius 1 is 1.39 bits per heavy atom. The molecule has 2 rings (SSSR count). The van der Waals surface area contributed by atoms with E-state index in [1.165, 1.54) is 43.5 Å². The zero-order chi connectivity index (χ0) is 13.0. The summed E-state index contributed by atoms with van der Waals surface area (Å²) in [4.78, 5) is 2.59. The molecule has 3 nitrogen and oxygen atoms in total. The molecule has 18 heavy (non-hydrogen) atoms. The second-order valence-electron chi connectivity index (χ2n) is 5.51. The Hall–Kier alpha value is -1.09. The fraction of sp³-hybridized carbons (Fsp3) is 0.667. The van der Waals surface area contributed by atoms with Gasteiger partial charge in [-0.15, -0.1) is 0 Å². The van der Waals surface area contributed by atoms with Crippen LogP contribution in [-0.4, -0.2) is 34.3 Å². The molecule has 0 aliphatic carbocycles. The van der Waals surface area contributed by atoms with Crippen molar-refractivity contribution in [2.45, 2.75) is 33.1 Å². The summed E-state index contributed by atoms with van der Waals surface area (Å²) in [6, 6.07) is 0. The second kappa shape index (κ2) is 6.19. The number of aryl methyl sites for hydroxylation is 1. The third-order valence-corrected chi connectivity index (χ3v) is 3.58. The number of aromatic nitrogens is 2. The third kappa shape index (κ3) is 3.45. The van der Waals surface area contributed by atoms with E-state index < -0.39 is 0 Å². The largest absolute Gasteiger partial charge is 0.298 e. The first kappa shape index (κ1) is 13.3. The summed E-state index contributed by atoms with van der Waals surface area (Å²) >= 11 is 0. The van der Waals surface area contributed by atoms with Crippen LogP contribution < -0.4 is 0 Å². The topological polar surface area (TPSA) is 21.1 Å². The zero-order valence-electron chi connectivity index (χ0n) is 11.9. The van der Waals surface area contributed by atoms with Crippen LogP contribution in [0.5, 0.6) is 0 Å². The number of hydrogen-bond acceptors (Lipinski definition) is 2. The molecule has 1 aliphatic rings. The van der Waals surface area contributed by atoms with E-state index in [2.05, 4.69) is 36.1 Å². The molecule has 1 aliphatic heterocycles. The lowest BCUT2D eigenvalue weighted by atomic mass is 9.97. The van der Waals surface area contributed by atoms with Gasteiger partial charge in [0.2, 0.25) is 0 Å². The summed E-state index contributed by atoms with van der Waals surface area (Å²) in [5, 5.41) is 4.27. The number of hydrogen-bond donors (Lipinski definition) is 0. The van der Waals surface area contributed by atoms with Crippen LogP contribution in [0.1, 0.15) is 38.7 Å². The molecule has 0 spiro atoms. The van der Waals surface area contributed by atoms with E-state index in [1.54, 1.807) is 0 Å². The summed E-state index contributed by atoms with van der Waals surface area (Å²) in [6.07, 6.45) is 10.5. The lowest BCUT2D eigenvalue weighted by Gasteiger charge is -2.30. The van der Waals surface area contributed by atoms with Crippen molar-refractivity contribution in [2.75, 3.05) is 19.6 Å². The maximum atomic E-state index is 4.27. The molecule has 1 aromatic heterocycles. The van der Waals surface area contributed by atoms with Gasteiger partial charge in [-0.05, 0) is 24.5 Å². The summed E-state index contributed by atoms with van der Waals surface area (Å²) in [6.45, 7) is 8.09. The fourth-order valence-electron chi connectivity index (χ4n) is 2.69. The highest BCUT2D eigenvalue weighted by Crippen LogP contribution is 2.23. The first-order valence-corrected chi connectivity index (χ1v) is 7.11. The van der Waals surface area contributed by atoms with Gasteiger partial charge in [0, 0.05) is 31.9 Å². The van der Waals surface area contributed by atoms with Crippen molar-refractivity contribution in [3.8, 4) is 0 Å². The van der Waals surface area contributed by atoms with Crippen molar-refractivity contribution in [3.05, 3.63) is 24.0 Å². The van der Waals surface area contributed by atoms with Gasteiger partial charge in [0.15, 0.2) is 0 Å². The van der Waals surface area contributed by atoms with Gasteiger partial charge in [-0.1, -0.05) is 32.8 Å². The molecule has 1 aromatic rings. The Morgan fingerprint density at radius 2 is 2.22 bits per heavy atom. The van der Waals surface area contributed by atoms with Gasteiger partial charge in [-0.2, -0.15) is 5.10 Å². The molecule has 3 heteroatoms. The van der Waals surface area contributed by atoms with Gasteiger partial charge in [-0.25, -0.2) is 0 Å². The van der Waals surface area contributed by atoms with E-state index >= 15 is 0 Å². The van der Waals surface area contributed by atoms with Crippen LogP contribution in [0.25, 0.3) is 5.57 Å². The van der Waals surface area contributed by atoms with Crippen molar-refractivity contribution in [2.24, 2.45) is 13.0 Å². The molecule has 0 N–H and O–H groups in total. The van der Waals surface area contributed by atoms with Crippen molar-refractivity contribution >= 4 is 5.57 Å². The lowest BCUT2D eigenvalue weighted by Crippen LogP contribution is -2.34. The minimum Gasteiger partial charge on any atom is -0.298 e. The molecule has 1 unspecified atom stereocenters. The van der Waals surface area contributed by atoms with Crippen molar-refractivity contribution in [1.82, 2.24) is 14.7 Å². The Kier molecular flexibility index (Phi) is 4.59. The van der Waals surface area contributed by atoms with Gasteiger partial charge in [-0.3, -0.25) is 9.58 Å². The van der Waals surface area contributed by atoms with E-state index in [0.29, 0.717) is 5.92 Å². The molecule has 1 atom stereocenters. The van der Waals surface area contributed by atoms with E-state index in [-0.39, 0.29) is 0 Å². The van der Waals surface area contributed by atoms with Gasteiger partial charge in [0.1, 0.15) is 0 Å². The minimum atomic E-state index is 0.649. The highest BCUT2D eigenvalue weighted by atomic mass is 15.2. The maximum absolute atomic E-state index is 4.27. The average Bonchev–Trinajstić information content (AvgIpc) is 2.76. The number of unbranched alkanes of at least 4 members (excludes halogenated alkanes) is 2. The number of nitrogens with zero attached hydrogens (tertiary/aromatic N) is 3. The quantitative estimate of drug-likeness (QED) is 0.746. The van der Waals surface area contributed by atoms with Crippen LogP contribution in [0.3, 0.4) is 0 Å². The van der Waals surface area contributed by atoms with Crippen LogP contribution >= 0.6 is 0 Å². The summed E-state index contributed by atoms with van der Waals surface area (Å²) in [7, 11) is 1.98. The van der Waals surface area contributed by atoms with Crippen molar-refractivity contribution in [1.29, 1.82) is 0 Å². The normalized spacial score (nSPS) is 21.1. The second-order valence-corrected chi connectivity index (χ2v) is 5.51. The molecular weight excluding hydrogens is 222 g/mol. The maximum Gasteiger partial charge on any atom is 0.0565 e. The molecule has 0 aromatic carbocycles. The highest BCUT2D eigenvalue weighted by Gasteiger charge is 2.18. The van der Waals surface area contributed by atoms with Gasteiger partial charge < -0.3 is 0 Å². The van der Waals surface area contributed by atoms with Crippen LogP contribution in [0.4, 0.5) is 0 Å². The number of rotatable bonds is 5. The first-order valence-electron chi connectivity index (χ1n) is 7.11. The van der Waals surface area contributed by atoms with Crippen LogP contribution in [-0.2, 0) is 7.05 Å². The fourth-order valence-corrected chi connectivity index (χ4v) is 2.69. The molecule has 0 fully saturated rings. The van der Waals surface area contributed by atoms with E-state index in [1.807, 2.05) is 17.9 Å². The predicted molar refractivity (Wildman–Crippen MR) is 76.3 cm³/mol. The van der Waals surface area contributed by atoms with E-state index in [4.69, 9.17) is 0 Å². The van der Waals surface area contributed by atoms with Crippen molar-refractivity contribution < 1.29 is 0 Å². The molecule has 2 heterocycles. The van der Waals surface area contributed by atoms with E-state index in [0.717, 1.165) is 6.54 Å². The summed E-state index contributed by atoms with van der Waals surface area (Å²) < 4.78 is 1.89. The molecule has 0 amide bonds. The highest BCUT2D eigenvalue weighted by molar-refractivity contribution is 5.66. The van der Waals surface area contributed by atoms with E-state index in [9.17, 15) is 0 Å². The van der Waals surface area contributed by atoms with Gasteiger partial charge in [0.25, 0.3) is 0 Å². The summed E-state index contributed by atoms with van der Waals surface area (Å²) in [5.74, 6) is 0.649. The molecular formula is C15H25N3. The van der Waals surface area contributed by atoms with Crippen LogP contribution in [0.15, 0.2) is 18.5 Å². The molecule has 100 valence electrons. The third-order valence-electron chi connectivity index (χ3n) is 3.58. The molecule has 0 bridgehead atoms. The zero-order valence-corrected chi connectivity index (χ0v) is 11.9. The SMILES string of the molecule is CCCCCN1CC(c2cnn(C)c2)=CC(C)C1. The molecule has 0 saturated heterocycles. The minimum absolute atomic E-state index is 0.649. The van der Waals surface area contributed by atoms with Gasteiger partial charge >= 0.3 is 0 Å². The Balaban J connectivity index is 1.99. The molecule has 0 saturated carbocycles. The Labute approximate surface area is 110 Å². The van der Waals surface area contributed by atoms with Gasteiger partial charge in [0.05, 0.1) is 6.20 Å². The molecule has 0 radical (unpaired) electrons. The Morgan fingerprint density at radius 3 is 2.89 bits per heavy atom. The average molecular weight is 247 g/mol. The smallest absolute Gasteiger partial charge is 0.0565 e. The monoisotopic (exact) mass is 247 g/mol. The van der Waals surface area contributed by atoms with Crippen LogP contribution in [0, 0.1) is 5.92 Å². The van der Waals surface area contributed by atoms with Crippen LogP contribution in [0.2, 0.25) is 0 Å². The Bertz CT molecular complexity index is 406.